The number of anilines is 1. The summed E-state index contributed by atoms with van der Waals surface area (Å²) >= 11 is 0. The van der Waals surface area contributed by atoms with Crippen molar-refractivity contribution in [1.82, 2.24) is 0 Å². The molecule has 0 saturated carbocycles. The van der Waals surface area contributed by atoms with Gasteiger partial charge < -0.3 is 66.3 Å². The lowest BCUT2D eigenvalue weighted by Gasteiger charge is -2.17. The van der Waals surface area contributed by atoms with E-state index in [-0.39, 0.29) is 39.6 Å². The van der Waals surface area contributed by atoms with Crippen LogP contribution in [0.15, 0.2) is 376 Å². The van der Waals surface area contributed by atoms with E-state index in [0.29, 0.717) is 122 Å². The molecule has 0 aromatic heterocycles. The molecule has 0 fully saturated rings. The van der Waals surface area contributed by atoms with Crippen molar-refractivity contribution in [3.63, 3.8) is 0 Å². The molecule has 16 heteroatoms. The highest BCUT2D eigenvalue weighted by atomic mass is 16.5. The maximum atomic E-state index is 6.80. The third-order valence-corrected chi connectivity index (χ3v) is 22.4. The van der Waals surface area contributed by atoms with Gasteiger partial charge in [0.1, 0.15) is 197 Å². The van der Waals surface area contributed by atoms with Gasteiger partial charge in [0.2, 0.25) is 6.34 Å². The molecule has 16 nitrogen and oxygen atoms in total. The number of nitrogens with zero attached hydrogens (tertiary/aromatic N) is 2. The lowest BCUT2D eigenvalue weighted by atomic mass is 10.1. The van der Waals surface area contributed by atoms with Crippen molar-refractivity contribution in [3.05, 3.63) is 476 Å². The summed E-state index contributed by atoms with van der Waals surface area (Å²) in [5.74, 6) is 9.11. The summed E-state index contributed by atoms with van der Waals surface area (Å²) in [6.45, 7) is 14.5. The molecule has 0 radical (unpaired) electrons. The third kappa shape index (κ3) is 26.5. The smallest absolute Gasteiger partial charge is 0.244 e. The van der Waals surface area contributed by atoms with Crippen molar-refractivity contribution in [2.24, 2.45) is 0 Å². The fraction of sp³-hybridized carbons (Fsp3) is 0.171. The van der Waals surface area contributed by atoms with Crippen molar-refractivity contribution in [1.29, 1.82) is 0 Å². The van der Waals surface area contributed by atoms with Crippen molar-refractivity contribution in [3.8, 4) is 80.5 Å². The second-order valence-corrected chi connectivity index (χ2v) is 33.1. The number of hydrogen-bond acceptors (Lipinski definition) is 15. The molecular formula is C117H107N2O14+. The first kappa shape index (κ1) is 89.2. The van der Waals surface area contributed by atoms with E-state index < -0.39 is 0 Å². The molecule has 16 aromatic rings. The van der Waals surface area contributed by atoms with Crippen LogP contribution in [-0.2, 0) is 92.5 Å². The van der Waals surface area contributed by atoms with E-state index in [4.69, 9.17) is 66.3 Å². The molecule has 1 aliphatic rings. The van der Waals surface area contributed by atoms with Gasteiger partial charge in [-0.25, -0.2) is 9.48 Å². The third-order valence-electron chi connectivity index (χ3n) is 22.4. The Morgan fingerprint density at radius 3 is 0.504 bits per heavy atom. The Morgan fingerprint density at radius 1 is 0.180 bits per heavy atom. The van der Waals surface area contributed by atoms with Gasteiger partial charge in [-0.2, -0.15) is 0 Å². The van der Waals surface area contributed by atoms with Crippen LogP contribution >= 0.6 is 0 Å². The Balaban J connectivity index is 0.599. The van der Waals surface area contributed by atoms with Crippen molar-refractivity contribution in [2.45, 2.75) is 120 Å². The maximum Gasteiger partial charge on any atom is 0.244 e. The van der Waals surface area contributed by atoms with Crippen molar-refractivity contribution >= 4 is 17.7 Å². The fourth-order valence-corrected chi connectivity index (χ4v) is 16.0. The van der Waals surface area contributed by atoms with Crippen LogP contribution in [0.2, 0.25) is 0 Å². The summed E-state index contributed by atoms with van der Waals surface area (Å²) in [5, 5.41) is 0. The summed E-state index contributed by atoms with van der Waals surface area (Å²) in [5.41, 5.74) is 20.1. The lowest BCUT2D eigenvalue weighted by molar-refractivity contribution is -0.425. The Hall–Kier alpha value is -15.8. The molecule has 133 heavy (non-hydrogen) atoms. The molecule has 17 rings (SSSR count). The molecular weight excluding hydrogens is 1660 g/mol. The van der Waals surface area contributed by atoms with E-state index in [0.717, 1.165) is 136 Å². The molecule has 0 bridgehead atoms. The first-order chi connectivity index (χ1) is 65.4. The highest BCUT2D eigenvalue weighted by Gasteiger charge is 2.29. The average Bonchev–Trinajstić information content (AvgIpc) is 1.71. The quantitative estimate of drug-likeness (QED) is 0.0335. The Bertz CT molecular complexity index is 5910. The molecule has 668 valence electrons. The second kappa shape index (κ2) is 45.0. The van der Waals surface area contributed by atoms with E-state index in [1.54, 1.807) is 0 Å². The molecule has 0 saturated heterocycles. The summed E-state index contributed by atoms with van der Waals surface area (Å²) in [6.07, 6.45) is 2.23. The van der Waals surface area contributed by atoms with Crippen LogP contribution in [0.4, 0.5) is 11.4 Å². The standard InChI is InChI=1S/C117H107N2O14/c1-84-47-102(128-77-96-59-112(130-79-98-51-104(120-69-88-29-13-5-14-30-88)63-105(52-98)121-70-89-31-15-6-16-32-89)67-113(60-96)131-80-99-53-106(122-71-90-33-17-7-18-34-90)64-107(54-99)123-72-91-35-19-8-20-36-91)48-85(2)116(84)118-45-46-119(83-118)117-86(3)49-103(50-87(117)4)129-78-97-61-114(132-81-100-55-108(124-73-92-37-21-9-22-38-92)65-109(56-100)125-74-93-39-23-10-24-40-93)68-115(62-97)133-82-101-57-110(126-75-94-41-25-11-26-42-94)66-111(58-101)127-76-95-43-27-12-28-44-95/h5-44,47-68,83H,45-46,69-82H2,1-4H3/q+1. The van der Waals surface area contributed by atoms with Crippen LogP contribution in [0.25, 0.3) is 0 Å². The van der Waals surface area contributed by atoms with Gasteiger partial charge in [0, 0.05) is 36.4 Å². The molecule has 0 unspecified atom stereocenters. The maximum absolute atomic E-state index is 6.80. The first-order valence-corrected chi connectivity index (χ1v) is 44.9. The normalized spacial score (nSPS) is 11.5. The molecule has 0 N–H and O–H groups in total. The molecule has 16 aromatic carbocycles. The zero-order valence-electron chi connectivity index (χ0n) is 75.3. The summed E-state index contributed by atoms with van der Waals surface area (Å²) < 4.78 is 94.4. The first-order valence-electron chi connectivity index (χ1n) is 44.9. The predicted molar refractivity (Wildman–Crippen MR) is 521 cm³/mol. The monoisotopic (exact) mass is 1760 g/mol. The van der Waals surface area contributed by atoms with Gasteiger partial charge in [-0.15, -0.1) is 0 Å². The molecule has 1 heterocycles. The molecule has 1 aliphatic heterocycles. The van der Waals surface area contributed by atoms with Gasteiger partial charge in [-0.05, 0) is 225 Å². The zero-order valence-corrected chi connectivity index (χ0v) is 75.3. The summed E-state index contributed by atoms with van der Waals surface area (Å²) in [6, 6.07) is 125. The topological polar surface area (TPSA) is 135 Å². The van der Waals surface area contributed by atoms with Gasteiger partial charge in [0.15, 0.2) is 0 Å². The fourth-order valence-electron chi connectivity index (χ4n) is 16.0. The van der Waals surface area contributed by atoms with Crippen molar-refractivity contribution < 1.29 is 70.9 Å². The number of aryl methyl sites for hydroxylation is 4. The van der Waals surface area contributed by atoms with E-state index in [9.17, 15) is 0 Å². The van der Waals surface area contributed by atoms with Crippen LogP contribution < -0.4 is 71.2 Å². The summed E-state index contributed by atoms with van der Waals surface area (Å²) in [7, 11) is 0. The molecule has 0 spiro atoms. The van der Waals surface area contributed by atoms with E-state index in [1.807, 2.05) is 352 Å². The minimum atomic E-state index is 0.201. The van der Waals surface area contributed by atoms with Crippen LogP contribution in [-0.4, -0.2) is 24.0 Å². The van der Waals surface area contributed by atoms with Gasteiger partial charge in [0.05, 0.1) is 0 Å². The minimum absolute atomic E-state index is 0.201. The SMILES string of the molecule is Cc1cc(OCc2cc(OCc3cc(OCc4ccccc4)cc(OCc4ccccc4)c3)cc(OCc3cc(OCc4ccccc4)cc(OCc4ccccc4)c3)c2)cc(C)c1N1C=[N+](c2c(C)cc(OCc3cc(OCc4cc(OCc5ccccc5)cc(OCc5ccccc5)c4)cc(OCc4cc(OCc5ccccc5)cc(OCc5ccccc5)c4)c3)cc2C)CC1. The number of benzene rings is 16. The Labute approximate surface area is 778 Å². The molecule has 0 aliphatic carbocycles. The zero-order chi connectivity index (χ0) is 90.5. The minimum Gasteiger partial charge on any atom is -0.489 e. The molecule has 0 amide bonds. The predicted octanol–water partition coefficient (Wildman–Crippen LogP) is 26.2. The Morgan fingerprint density at radius 2 is 0.331 bits per heavy atom. The lowest BCUT2D eigenvalue weighted by Crippen LogP contribution is -2.20. The van der Waals surface area contributed by atoms with E-state index in [1.165, 1.54) is 0 Å². The number of rotatable bonds is 44. The highest BCUT2D eigenvalue weighted by molar-refractivity contribution is 5.82. The van der Waals surface area contributed by atoms with Gasteiger partial charge in [-0.1, -0.05) is 243 Å². The highest BCUT2D eigenvalue weighted by Crippen LogP contribution is 2.39. The largest absolute Gasteiger partial charge is 0.489 e. The second-order valence-electron chi connectivity index (χ2n) is 33.1. The average molecular weight is 1770 g/mol. The van der Waals surface area contributed by atoms with E-state index in [2.05, 4.69) is 67.8 Å². The summed E-state index contributed by atoms with van der Waals surface area (Å²) in [4.78, 5) is 2.34. The van der Waals surface area contributed by atoms with Crippen molar-refractivity contribution in [2.75, 3.05) is 18.0 Å². The number of ether oxygens (including phenoxy) is 14. The van der Waals surface area contributed by atoms with Gasteiger partial charge in [0.25, 0.3) is 0 Å². The van der Waals surface area contributed by atoms with Crippen LogP contribution in [0, 0.1) is 27.7 Å². The van der Waals surface area contributed by atoms with Gasteiger partial charge in [-0.3, -0.25) is 0 Å². The van der Waals surface area contributed by atoms with Crippen LogP contribution in [0.5, 0.6) is 80.5 Å². The number of hydrogen-bond donors (Lipinski definition) is 0. The Kier molecular flexibility index (Phi) is 30.1. The van der Waals surface area contributed by atoms with Crippen LogP contribution in [0.1, 0.15) is 100 Å². The van der Waals surface area contributed by atoms with Crippen LogP contribution in [0.3, 0.4) is 0 Å². The van der Waals surface area contributed by atoms with E-state index >= 15 is 0 Å². The molecule has 0 atom stereocenters. The van der Waals surface area contributed by atoms with Gasteiger partial charge >= 0.3 is 0 Å².